The Morgan fingerprint density at radius 1 is 1.33 bits per heavy atom. The van der Waals surface area contributed by atoms with Gasteiger partial charge in [-0.2, -0.15) is 4.73 Å². The topological polar surface area (TPSA) is 74.5 Å². The molecule has 1 aliphatic rings. The molecule has 3 rings (SSSR count). The van der Waals surface area contributed by atoms with Crippen molar-refractivity contribution in [1.82, 2.24) is 5.32 Å². The van der Waals surface area contributed by atoms with Gasteiger partial charge in [0.2, 0.25) is 6.79 Å². The van der Waals surface area contributed by atoms with Crippen LogP contribution in [0.4, 0.5) is 0 Å². The molecule has 21 heavy (non-hydrogen) atoms. The van der Waals surface area contributed by atoms with Crippen LogP contribution < -0.4 is 19.5 Å². The van der Waals surface area contributed by atoms with Crippen molar-refractivity contribution in [1.29, 1.82) is 0 Å². The Bertz CT molecular complexity index is 705. The van der Waals surface area contributed by atoms with Crippen LogP contribution in [0.3, 0.4) is 0 Å². The summed E-state index contributed by atoms with van der Waals surface area (Å²) >= 11 is 5.86. The molecule has 0 radical (unpaired) electrons. The van der Waals surface area contributed by atoms with Gasteiger partial charge in [-0.15, -0.1) is 0 Å². The van der Waals surface area contributed by atoms with Gasteiger partial charge in [-0.1, -0.05) is 17.7 Å². The van der Waals surface area contributed by atoms with Crippen LogP contribution in [0.1, 0.15) is 15.9 Å². The fourth-order valence-corrected chi connectivity index (χ4v) is 2.21. The SMILES string of the molecule is O=C(NCc1ccc2c(c1)OCO2)c1cc[n+]([O-])cc1Cl. The number of carbonyl (C=O) groups excluding carboxylic acids is 1. The first kappa shape index (κ1) is 13.5. The molecular weight excluding hydrogens is 296 g/mol. The summed E-state index contributed by atoms with van der Waals surface area (Å²) in [6.45, 7) is 0.526. The second-order valence-corrected chi connectivity index (χ2v) is 4.84. The number of hydrogen-bond donors (Lipinski definition) is 1. The third-order valence-corrected chi connectivity index (χ3v) is 3.32. The summed E-state index contributed by atoms with van der Waals surface area (Å²) in [5.74, 6) is 1.00. The van der Waals surface area contributed by atoms with Crippen LogP contribution in [-0.4, -0.2) is 12.7 Å². The lowest BCUT2D eigenvalue weighted by Crippen LogP contribution is -2.28. The van der Waals surface area contributed by atoms with Crippen molar-refractivity contribution >= 4 is 17.5 Å². The number of aromatic nitrogens is 1. The van der Waals surface area contributed by atoms with Crippen molar-refractivity contribution in [3.05, 3.63) is 58.0 Å². The Kier molecular flexibility index (Phi) is 3.53. The van der Waals surface area contributed by atoms with Gasteiger partial charge in [0.1, 0.15) is 5.02 Å². The Balaban J connectivity index is 1.68. The van der Waals surface area contributed by atoms with Gasteiger partial charge in [0.25, 0.3) is 5.91 Å². The molecule has 7 heteroatoms. The minimum atomic E-state index is -0.349. The Morgan fingerprint density at radius 3 is 2.95 bits per heavy atom. The number of nitrogens with one attached hydrogen (secondary N) is 1. The summed E-state index contributed by atoms with van der Waals surface area (Å²) in [6, 6.07) is 6.82. The average molecular weight is 307 g/mol. The highest BCUT2D eigenvalue weighted by atomic mass is 35.5. The third-order valence-electron chi connectivity index (χ3n) is 3.02. The van der Waals surface area contributed by atoms with Gasteiger partial charge >= 0.3 is 0 Å². The van der Waals surface area contributed by atoms with Crippen LogP contribution >= 0.6 is 11.6 Å². The third kappa shape index (κ3) is 2.85. The lowest BCUT2D eigenvalue weighted by atomic mass is 10.2. The first-order valence-corrected chi connectivity index (χ1v) is 6.56. The number of carbonyl (C=O) groups is 1. The first-order chi connectivity index (χ1) is 10.1. The maximum atomic E-state index is 12.0. The van der Waals surface area contributed by atoms with E-state index in [-0.39, 0.29) is 23.3 Å². The molecule has 108 valence electrons. The van der Waals surface area contributed by atoms with Crippen LogP contribution in [0.15, 0.2) is 36.7 Å². The molecule has 0 spiro atoms. The van der Waals surface area contributed by atoms with Crippen LogP contribution in [0, 0.1) is 5.21 Å². The van der Waals surface area contributed by atoms with E-state index in [1.54, 1.807) is 12.1 Å². The standard InChI is InChI=1S/C14H11ClN2O4/c15-11-7-17(19)4-3-10(11)14(18)16-6-9-1-2-12-13(5-9)21-8-20-12/h1-5,7H,6,8H2,(H,16,18). The van der Waals surface area contributed by atoms with Crippen molar-refractivity contribution in [3.63, 3.8) is 0 Å². The molecule has 1 aromatic carbocycles. The Morgan fingerprint density at radius 2 is 2.14 bits per heavy atom. The van der Waals surface area contributed by atoms with E-state index < -0.39 is 0 Å². The number of rotatable bonds is 3. The number of hydrogen-bond acceptors (Lipinski definition) is 4. The zero-order chi connectivity index (χ0) is 14.8. The molecule has 0 atom stereocenters. The van der Waals surface area contributed by atoms with Crippen LogP contribution in [0.25, 0.3) is 0 Å². The number of nitrogens with zero attached hydrogens (tertiary/aromatic N) is 1. The first-order valence-electron chi connectivity index (χ1n) is 6.18. The van der Waals surface area contributed by atoms with E-state index >= 15 is 0 Å². The number of amides is 1. The molecule has 1 amide bonds. The molecule has 1 N–H and O–H groups in total. The molecule has 2 heterocycles. The summed E-state index contributed by atoms with van der Waals surface area (Å²) in [7, 11) is 0. The van der Waals surface area contributed by atoms with Gasteiger partial charge in [0.15, 0.2) is 23.9 Å². The van der Waals surface area contributed by atoms with E-state index in [0.29, 0.717) is 22.8 Å². The summed E-state index contributed by atoms with van der Waals surface area (Å²) in [5, 5.41) is 13.9. The predicted octanol–water partition coefficient (Wildman–Crippen LogP) is 1.63. The van der Waals surface area contributed by atoms with Crippen molar-refractivity contribution in [2.75, 3.05) is 6.79 Å². The minimum absolute atomic E-state index is 0.107. The molecular formula is C14H11ClN2O4. The largest absolute Gasteiger partial charge is 0.619 e. The monoisotopic (exact) mass is 306 g/mol. The number of benzene rings is 1. The summed E-state index contributed by atoms with van der Waals surface area (Å²) in [4.78, 5) is 12.0. The van der Waals surface area contributed by atoms with Gasteiger partial charge in [-0.3, -0.25) is 4.79 Å². The van der Waals surface area contributed by atoms with E-state index in [4.69, 9.17) is 21.1 Å². The molecule has 1 aromatic heterocycles. The zero-order valence-electron chi connectivity index (χ0n) is 10.8. The molecule has 0 bridgehead atoms. The molecule has 1 aliphatic heterocycles. The second kappa shape index (κ2) is 5.49. The molecule has 0 aliphatic carbocycles. The predicted molar refractivity (Wildman–Crippen MR) is 74.1 cm³/mol. The van der Waals surface area contributed by atoms with Gasteiger partial charge < -0.3 is 20.0 Å². The number of pyridine rings is 1. The molecule has 0 saturated carbocycles. The minimum Gasteiger partial charge on any atom is -0.619 e. The summed E-state index contributed by atoms with van der Waals surface area (Å²) in [5.41, 5.74) is 1.13. The maximum Gasteiger partial charge on any atom is 0.253 e. The molecule has 2 aromatic rings. The van der Waals surface area contributed by atoms with Crippen molar-refractivity contribution < 1.29 is 19.0 Å². The Labute approximate surface area is 125 Å². The van der Waals surface area contributed by atoms with E-state index in [0.717, 1.165) is 11.8 Å². The quantitative estimate of drug-likeness (QED) is 0.691. The molecule has 0 fully saturated rings. The van der Waals surface area contributed by atoms with Gasteiger partial charge in [0, 0.05) is 12.6 Å². The normalized spacial score (nSPS) is 12.2. The van der Waals surface area contributed by atoms with Gasteiger partial charge in [0.05, 0.1) is 5.56 Å². The van der Waals surface area contributed by atoms with Crippen molar-refractivity contribution in [3.8, 4) is 11.5 Å². The fraction of sp³-hybridized carbons (Fsp3) is 0.143. The maximum absolute atomic E-state index is 12.0. The summed E-state index contributed by atoms with van der Waals surface area (Å²) < 4.78 is 11.0. The van der Waals surface area contributed by atoms with E-state index in [9.17, 15) is 10.0 Å². The zero-order valence-corrected chi connectivity index (χ0v) is 11.6. The number of fused-ring (bicyclic) bond motifs is 1. The van der Waals surface area contributed by atoms with Gasteiger partial charge in [-0.05, 0) is 17.7 Å². The summed E-state index contributed by atoms with van der Waals surface area (Å²) in [6.07, 6.45) is 2.36. The highest BCUT2D eigenvalue weighted by Gasteiger charge is 2.15. The Hall–Kier alpha value is -2.47. The van der Waals surface area contributed by atoms with E-state index in [1.807, 2.05) is 6.07 Å². The van der Waals surface area contributed by atoms with Crippen molar-refractivity contribution in [2.45, 2.75) is 6.54 Å². The average Bonchev–Trinajstić information content (AvgIpc) is 2.92. The highest BCUT2D eigenvalue weighted by molar-refractivity contribution is 6.33. The molecule has 6 nitrogen and oxygen atoms in total. The van der Waals surface area contributed by atoms with Gasteiger partial charge in [-0.25, -0.2) is 0 Å². The number of halogens is 1. The van der Waals surface area contributed by atoms with Crippen molar-refractivity contribution in [2.24, 2.45) is 0 Å². The van der Waals surface area contributed by atoms with E-state index in [2.05, 4.69) is 5.32 Å². The lowest BCUT2D eigenvalue weighted by Gasteiger charge is -2.07. The van der Waals surface area contributed by atoms with Crippen LogP contribution in [0.2, 0.25) is 5.02 Å². The fourth-order valence-electron chi connectivity index (χ4n) is 1.96. The number of ether oxygens (including phenoxy) is 2. The van der Waals surface area contributed by atoms with E-state index in [1.165, 1.54) is 12.3 Å². The molecule has 0 unspecified atom stereocenters. The van der Waals surface area contributed by atoms with Crippen LogP contribution in [-0.2, 0) is 6.54 Å². The smallest absolute Gasteiger partial charge is 0.253 e. The second-order valence-electron chi connectivity index (χ2n) is 4.44. The lowest BCUT2D eigenvalue weighted by molar-refractivity contribution is -0.605. The van der Waals surface area contributed by atoms with Crippen LogP contribution in [0.5, 0.6) is 11.5 Å². The highest BCUT2D eigenvalue weighted by Crippen LogP contribution is 2.32. The molecule has 0 saturated heterocycles.